The molecule has 1 aromatic rings. The lowest BCUT2D eigenvalue weighted by Crippen LogP contribution is -2.23. The van der Waals surface area contributed by atoms with Gasteiger partial charge in [-0.2, -0.15) is 0 Å². The van der Waals surface area contributed by atoms with Crippen molar-refractivity contribution in [3.8, 4) is 0 Å². The lowest BCUT2D eigenvalue weighted by molar-refractivity contribution is -0.108. The van der Waals surface area contributed by atoms with Crippen LogP contribution in [-0.4, -0.2) is 11.9 Å². The van der Waals surface area contributed by atoms with Crippen LogP contribution in [0.3, 0.4) is 0 Å². The van der Waals surface area contributed by atoms with Crippen LogP contribution in [0.5, 0.6) is 0 Å². The van der Waals surface area contributed by atoms with E-state index in [-0.39, 0.29) is 11.7 Å². The van der Waals surface area contributed by atoms with E-state index in [0.717, 1.165) is 32.0 Å². The van der Waals surface area contributed by atoms with Gasteiger partial charge in [-0.3, -0.25) is 0 Å². The first-order valence-corrected chi connectivity index (χ1v) is 6.40. The smallest absolute Gasteiger partial charge is 0.119 e. The van der Waals surface area contributed by atoms with E-state index >= 15 is 0 Å². The molecule has 0 spiro atoms. The molecule has 0 amide bonds. The van der Waals surface area contributed by atoms with Crippen molar-refractivity contribution in [3.63, 3.8) is 0 Å². The van der Waals surface area contributed by atoms with Crippen LogP contribution in [-0.2, 0) is 9.53 Å². The van der Waals surface area contributed by atoms with Gasteiger partial charge in [0, 0.05) is 6.42 Å². The molecule has 0 saturated carbocycles. The standard InChI is InChI=1S/C15H20O2/c1-15(10-5-6-12-16)11-9-14(17-15)13-7-3-2-4-8-13/h2-4,7-8,12,14H,5-6,9-11H2,1H3/t14-,15+/m1/s1. The van der Waals surface area contributed by atoms with Gasteiger partial charge in [-0.1, -0.05) is 30.3 Å². The van der Waals surface area contributed by atoms with Gasteiger partial charge < -0.3 is 9.53 Å². The Morgan fingerprint density at radius 2 is 2.18 bits per heavy atom. The van der Waals surface area contributed by atoms with E-state index < -0.39 is 0 Å². The molecule has 1 aromatic carbocycles. The fourth-order valence-corrected chi connectivity index (χ4v) is 2.54. The Balaban J connectivity index is 1.92. The van der Waals surface area contributed by atoms with E-state index in [4.69, 9.17) is 4.74 Å². The first-order valence-electron chi connectivity index (χ1n) is 6.40. The summed E-state index contributed by atoms with van der Waals surface area (Å²) in [4.78, 5) is 10.3. The number of unbranched alkanes of at least 4 members (excludes halogenated alkanes) is 1. The minimum Gasteiger partial charge on any atom is -0.367 e. The van der Waals surface area contributed by atoms with Crippen LogP contribution in [0.2, 0.25) is 0 Å². The first-order chi connectivity index (χ1) is 8.23. The number of aldehydes is 1. The molecule has 0 unspecified atom stereocenters. The predicted octanol–water partition coefficient (Wildman–Crippen LogP) is 3.67. The highest BCUT2D eigenvalue weighted by Gasteiger charge is 2.35. The maximum Gasteiger partial charge on any atom is 0.119 e. The zero-order chi connectivity index (χ0) is 12.1. The van der Waals surface area contributed by atoms with Gasteiger partial charge >= 0.3 is 0 Å². The first kappa shape index (κ1) is 12.3. The molecular formula is C15H20O2. The number of hydrogen-bond donors (Lipinski definition) is 0. The van der Waals surface area contributed by atoms with Gasteiger partial charge in [0.15, 0.2) is 0 Å². The topological polar surface area (TPSA) is 26.3 Å². The summed E-state index contributed by atoms with van der Waals surface area (Å²) in [5, 5.41) is 0. The average molecular weight is 232 g/mol. The minimum atomic E-state index is -0.0382. The van der Waals surface area contributed by atoms with Crippen molar-refractivity contribution in [3.05, 3.63) is 35.9 Å². The van der Waals surface area contributed by atoms with Crippen LogP contribution in [0.4, 0.5) is 0 Å². The summed E-state index contributed by atoms with van der Waals surface area (Å²) in [5.41, 5.74) is 1.23. The van der Waals surface area contributed by atoms with Gasteiger partial charge in [0.1, 0.15) is 6.29 Å². The number of carbonyl (C=O) groups is 1. The van der Waals surface area contributed by atoms with Gasteiger partial charge in [-0.05, 0) is 38.2 Å². The zero-order valence-corrected chi connectivity index (χ0v) is 10.4. The molecule has 0 bridgehead atoms. The Morgan fingerprint density at radius 3 is 2.88 bits per heavy atom. The van der Waals surface area contributed by atoms with Gasteiger partial charge in [0.05, 0.1) is 11.7 Å². The molecule has 92 valence electrons. The van der Waals surface area contributed by atoms with Crippen molar-refractivity contribution in [2.24, 2.45) is 0 Å². The van der Waals surface area contributed by atoms with E-state index in [1.54, 1.807) is 0 Å². The molecule has 2 atom stereocenters. The maximum atomic E-state index is 10.3. The Hall–Kier alpha value is -1.15. The Kier molecular flexibility index (Phi) is 3.95. The predicted molar refractivity (Wildman–Crippen MR) is 67.8 cm³/mol. The second-order valence-corrected chi connectivity index (χ2v) is 5.06. The molecule has 2 rings (SSSR count). The Labute approximate surface area is 103 Å². The summed E-state index contributed by atoms with van der Waals surface area (Å²) < 4.78 is 6.17. The van der Waals surface area contributed by atoms with Crippen molar-refractivity contribution in [2.75, 3.05) is 0 Å². The van der Waals surface area contributed by atoms with Crippen LogP contribution in [0.25, 0.3) is 0 Å². The van der Waals surface area contributed by atoms with Crippen molar-refractivity contribution in [1.82, 2.24) is 0 Å². The number of rotatable bonds is 5. The Morgan fingerprint density at radius 1 is 1.41 bits per heavy atom. The summed E-state index contributed by atoms with van der Waals surface area (Å²) in [6.07, 6.45) is 5.96. The molecule has 1 fully saturated rings. The molecule has 0 radical (unpaired) electrons. The van der Waals surface area contributed by atoms with Crippen molar-refractivity contribution in [2.45, 2.75) is 50.7 Å². The monoisotopic (exact) mass is 232 g/mol. The third-order valence-corrected chi connectivity index (χ3v) is 3.56. The van der Waals surface area contributed by atoms with E-state index in [9.17, 15) is 4.79 Å². The van der Waals surface area contributed by atoms with Gasteiger partial charge in [0.2, 0.25) is 0 Å². The molecule has 1 aliphatic rings. The fourth-order valence-electron chi connectivity index (χ4n) is 2.54. The fraction of sp³-hybridized carbons (Fsp3) is 0.533. The van der Waals surface area contributed by atoms with Crippen molar-refractivity contribution < 1.29 is 9.53 Å². The third kappa shape index (κ3) is 3.16. The normalized spacial score (nSPS) is 28.2. The Bertz CT molecular complexity index is 360. The second kappa shape index (κ2) is 5.46. The molecule has 0 aliphatic carbocycles. The summed E-state index contributed by atoms with van der Waals surface area (Å²) in [6, 6.07) is 10.4. The van der Waals surface area contributed by atoms with Crippen molar-refractivity contribution in [1.29, 1.82) is 0 Å². The van der Waals surface area contributed by atoms with Gasteiger partial charge in [-0.15, -0.1) is 0 Å². The van der Waals surface area contributed by atoms with E-state index in [1.165, 1.54) is 5.56 Å². The van der Waals surface area contributed by atoms with Crippen LogP contribution >= 0.6 is 0 Å². The molecule has 0 aromatic heterocycles. The lowest BCUT2D eigenvalue weighted by Gasteiger charge is -2.24. The number of ether oxygens (including phenoxy) is 1. The lowest BCUT2D eigenvalue weighted by atomic mass is 9.95. The third-order valence-electron chi connectivity index (χ3n) is 3.56. The van der Waals surface area contributed by atoms with Crippen molar-refractivity contribution >= 4 is 6.29 Å². The minimum absolute atomic E-state index is 0.0382. The summed E-state index contributed by atoms with van der Waals surface area (Å²) >= 11 is 0. The summed E-state index contributed by atoms with van der Waals surface area (Å²) in [5.74, 6) is 0. The van der Waals surface area contributed by atoms with Crippen LogP contribution < -0.4 is 0 Å². The molecule has 1 saturated heterocycles. The molecule has 2 heteroatoms. The number of carbonyl (C=O) groups excluding carboxylic acids is 1. The quantitative estimate of drug-likeness (QED) is 0.572. The van der Waals surface area contributed by atoms with E-state index in [2.05, 4.69) is 31.2 Å². The maximum absolute atomic E-state index is 10.3. The molecule has 17 heavy (non-hydrogen) atoms. The van der Waals surface area contributed by atoms with Crippen LogP contribution in [0, 0.1) is 0 Å². The number of benzene rings is 1. The molecule has 0 N–H and O–H groups in total. The van der Waals surface area contributed by atoms with Crippen LogP contribution in [0.1, 0.15) is 50.7 Å². The summed E-state index contributed by atoms with van der Waals surface area (Å²) in [7, 11) is 0. The SMILES string of the molecule is C[C@]1(CCCC=O)CC[C@H](c2ccccc2)O1. The van der Waals surface area contributed by atoms with E-state index in [0.29, 0.717) is 6.42 Å². The highest BCUT2D eigenvalue weighted by molar-refractivity contribution is 5.49. The zero-order valence-electron chi connectivity index (χ0n) is 10.4. The molecular weight excluding hydrogens is 212 g/mol. The molecule has 1 aliphatic heterocycles. The average Bonchev–Trinajstić information content (AvgIpc) is 2.74. The van der Waals surface area contributed by atoms with Crippen LogP contribution in [0.15, 0.2) is 30.3 Å². The number of hydrogen-bond acceptors (Lipinski definition) is 2. The molecule has 1 heterocycles. The van der Waals surface area contributed by atoms with Gasteiger partial charge in [0.25, 0.3) is 0 Å². The second-order valence-electron chi connectivity index (χ2n) is 5.06. The highest BCUT2D eigenvalue weighted by atomic mass is 16.5. The molecule has 2 nitrogen and oxygen atoms in total. The van der Waals surface area contributed by atoms with Gasteiger partial charge in [-0.25, -0.2) is 0 Å². The largest absolute Gasteiger partial charge is 0.367 e. The summed E-state index contributed by atoms with van der Waals surface area (Å²) in [6.45, 7) is 2.17. The highest BCUT2D eigenvalue weighted by Crippen LogP contribution is 2.41. The van der Waals surface area contributed by atoms with E-state index in [1.807, 2.05) is 6.07 Å².